The molecule has 1 atom stereocenters. The molecule has 5 nitrogen and oxygen atoms in total. The van der Waals surface area contributed by atoms with Gasteiger partial charge in [0.2, 0.25) is 10.0 Å². The molecule has 0 fully saturated rings. The summed E-state index contributed by atoms with van der Waals surface area (Å²) >= 11 is 0. The predicted molar refractivity (Wildman–Crippen MR) is 83.3 cm³/mol. The Morgan fingerprint density at radius 1 is 1.19 bits per heavy atom. The van der Waals surface area contributed by atoms with Crippen molar-refractivity contribution in [3.63, 3.8) is 0 Å². The maximum Gasteiger partial charge on any atom is 0.243 e. The van der Waals surface area contributed by atoms with Crippen LogP contribution in [0.2, 0.25) is 0 Å². The minimum atomic E-state index is -3.71. The lowest BCUT2D eigenvalue weighted by atomic mass is 10.1. The van der Waals surface area contributed by atoms with E-state index in [2.05, 4.69) is 9.71 Å². The van der Waals surface area contributed by atoms with Gasteiger partial charge in [0.1, 0.15) is 4.90 Å². The Hall–Kier alpha value is -1.92. The Kier molecular flexibility index (Phi) is 4.29. The number of nitrogens with one attached hydrogen (secondary N) is 1. The van der Waals surface area contributed by atoms with E-state index in [1.165, 1.54) is 0 Å². The van der Waals surface area contributed by atoms with E-state index in [1.807, 2.05) is 19.1 Å². The lowest BCUT2D eigenvalue weighted by Gasteiger charge is -2.17. The molecule has 0 amide bonds. The summed E-state index contributed by atoms with van der Waals surface area (Å²) in [5.41, 5.74) is 8.31. The molecule has 0 aliphatic carbocycles. The normalized spacial score (nSPS) is 13.1. The van der Waals surface area contributed by atoms with Gasteiger partial charge >= 0.3 is 0 Å². The van der Waals surface area contributed by atoms with Gasteiger partial charge in [-0.1, -0.05) is 12.1 Å². The molecule has 2 rings (SSSR count). The number of nitrogens with two attached hydrogens (primary N) is 1. The molecule has 112 valence electrons. The van der Waals surface area contributed by atoms with Crippen molar-refractivity contribution in [2.45, 2.75) is 31.7 Å². The molecule has 2 aromatic rings. The topological polar surface area (TPSA) is 85.1 Å². The Labute approximate surface area is 125 Å². The van der Waals surface area contributed by atoms with Crippen LogP contribution in [0.3, 0.4) is 0 Å². The van der Waals surface area contributed by atoms with Gasteiger partial charge in [-0.15, -0.1) is 0 Å². The molecule has 3 N–H and O–H groups in total. The number of nitrogen functional groups attached to an aromatic ring is 1. The Bertz CT molecular complexity index is 743. The average Bonchev–Trinajstić information content (AvgIpc) is 2.43. The fourth-order valence-electron chi connectivity index (χ4n) is 2.15. The molecule has 0 spiro atoms. The Morgan fingerprint density at radius 3 is 2.52 bits per heavy atom. The van der Waals surface area contributed by atoms with Gasteiger partial charge < -0.3 is 5.73 Å². The molecule has 0 saturated carbocycles. The minimum absolute atomic E-state index is 0.144. The van der Waals surface area contributed by atoms with Gasteiger partial charge in [0.15, 0.2) is 0 Å². The highest BCUT2D eigenvalue weighted by molar-refractivity contribution is 7.89. The van der Waals surface area contributed by atoms with E-state index in [-0.39, 0.29) is 10.6 Å². The zero-order valence-electron chi connectivity index (χ0n) is 12.3. The maximum atomic E-state index is 12.6. The number of aromatic nitrogens is 1. The number of sulfonamides is 1. The van der Waals surface area contributed by atoms with E-state index in [1.54, 1.807) is 38.2 Å². The van der Waals surface area contributed by atoms with Crippen LogP contribution >= 0.6 is 0 Å². The van der Waals surface area contributed by atoms with E-state index in [9.17, 15) is 8.42 Å². The van der Waals surface area contributed by atoms with Crippen molar-refractivity contribution in [2.75, 3.05) is 5.73 Å². The van der Waals surface area contributed by atoms with Gasteiger partial charge in [-0.05, 0) is 50.1 Å². The molecule has 1 unspecified atom stereocenters. The van der Waals surface area contributed by atoms with E-state index in [4.69, 9.17) is 5.73 Å². The van der Waals surface area contributed by atoms with Gasteiger partial charge in [0.25, 0.3) is 0 Å². The van der Waals surface area contributed by atoms with Crippen LogP contribution in [0.1, 0.15) is 29.8 Å². The average molecular weight is 305 g/mol. The summed E-state index contributed by atoms with van der Waals surface area (Å²) < 4.78 is 27.8. The van der Waals surface area contributed by atoms with Crippen molar-refractivity contribution < 1.29 is 8.42 Å². The number of anilines is 1. The fourth-order valence-corrected chi connectivity index (χ4v) is 3.80. The van der Waals surface area contributed by atoms with E-state index in [0.29, 0.717) is 11.3 Å². The van der Waals surface area contributed by atoms with Crippen molar-refractivity contribution in [1.82, 2.24) is 9.71 Å². The van der Waals surface area contributed by atoms with Gasteiger partial charge in [-0.25, -0.2) is 13.1 Å². The second-order valence-corrected chi connectivity index (χ2v) is 6.67. The predicted octanol–water partition coefficient (Wildman–Crippen LogP) is 2.32. The first-order chi connectivity index (χ1) is 9.83. The van der Waals surface area contributed by atoms with Crippen LogP contribution in [0.15, 0.2) is 41.4 Å². The van der Waals surface area contributed by atoms with Gasteiger partial charge in [0.05, 0.1) is 17.4 Å². The zero-order valence-corrected chi connectivity index (χ0v) is 13.1. The quantitative estimate of drug-likeness (QED) is 0.849. The molecule has 21 heavy (non-hydrogen) atoms. The molecule has 0 saturated heterocycles. The molecule has 1 aromatic heterocycles. The third-order valence-corrected chi connectivity index (χ3v) is 5.18. The minimum Gasteiger partial charge on any atom is -0.398 e. The summed E-state index contributed by atoms with van der Waals surface area (Å²) in [6.07, 6.45) is 1.63. The van der Waals surface area contributed by atoms with Crippen molar-refractivity contribution in [3.05, 3.63) is 53.3 Å². The third-order valence-electron chi connectivity index (χ3n) is 3.44. The summed E-state index contributed by atoms with van der Waals surface area (Å²) in [7, 11) is -3.71. The van der Waals surface area contributed by atoms with Crippen LogP contribution in [-0.2, 0) is 10.0 Å². The largest absolute Gasteiger partial charge is 0.398 e. The monoisotopic (exact) mass is 305 g/mol. The number of rotatable bonds is 4. The smallest absolute Gasteiger partial charge is 0.243 e. The number of aryl methyl sites for hydroxylation is 1. The number of benzene rings is 1. The fraction of sp³-hybridized carbons (Fsp3) is 0.267. The van der Waals surface area contributed by atoms with Gasteiger partial charge in [0, 0.05) is 6.20 Å². The number of pyridine rings is 1. The first-order valence-corrected chi connectivity index (χ1v) is 8.10. The van der Waals surface area contributed by atoms with Gasteiger partial charge in [-0.2, -0.15) is 0 Å². The van der Waals surface area contributed by atoms with Crippen LogP contribution in [0.4, 0.5) is 5.69 Å². The molecule has 6 heteroatoms. The van der Waals surface area contributed by atoms with E-state index >= 15 is 0 Å². The van der Waals surface area contributed by atoms with Crippen molar-refractivity contribution >= 4 is 15.7 Å². The molecule has 1 aromatic carbocycles. The molecular weight excluding hydrogens is 286 g/mol. The van der Waals surface area contributed by atoms with Crippen LogP contribution in [0.25, 0.3) is 0 Å². The second-order valence-electron chi connectivity index (χ2n) is 5.02. The first kappa shape index (κ1) is 15.5. The summed E-state index contributed by atoms with van der Waals surface area (Å²) in [6, 6.07) is 8.37. The first-order valence-electron chi connectivity index (χ1n) is 6.62. The molecule has 0 bridgehead atoms. The SMILES string of the molecule is Cc1ccc(N)c(S(=O)(=O)NC(C)c2ccccn2)c1C. The standard InChI is InChI=1S/C15H19N3O2S/c1-10-7-8-13(16)15(11(10)2)21(19,20)18-12(3)14-6-4-5-9-17-14/h4-9,12,18H,16H2,1-3H3. The number of hydrogen-bond donors (Lipinski definition) is 2. The van der Waals surface area contributed by atoms with Crippen LogP contribution in [0.5, 0.6) is 0 Å². The van der Waals surface area contributed by atoms with E-state index in [0.717, 1.165) is 5.56 Å². The maximum absolute atomic E-state index is 12.6. The lowest BCUT2D eigenvalue weighted by Crippen LogP contribution is -2.28. The second kappa shape index (κ2) is 5.83. The molecular formula is C15H19N3O2S. The van der Waals surface area contributed by atoms with Crippen molar-refractivity contribution in [2.24, 2.45) is 0 Å². The molecule has 1 heterocycles. The zero-order chi connectivity index (χ0) is 15.6. The van der Waals surface area contributed by atoms with Crippen LogP contribution in [0, 0.1) is 13.8 Å². The summed E-state index contributed by atoms with van der Waals surface area (Å²) in [6.45, 7) is 5.36. The highest BCUT2D eigenvalue weighted by Gasteiger charge is 2.24. The highest BCUT2D eigenvalue weighted by Crippen LogP contribution is 2.26. The number of hydrogen-bond acceptors (Lipinski definition) is 4. The Balaban J connectivity index is 2.38. The van der Waals surface area contributed by atoms with Crippen LogP contribution < -0.4 is 10.5 Å². The summed E-state index contributed by atoms with van der Waals surface area (Å²) in [4.78, 5) is 4.30. The lowest BCUT2D eigenvalue weighted by molar-refractivity contribution is 0.563. The Morgan fingerprint density at radius 2 is 1.90 bits per heavy atom. The summed E-state index contributed by atoms with van der Waals surface area (Å²) in [5.74, 6) is 0. The van der Waals surface area contributed by atoms with Gasteiger partial charge in [-0.3, -0.25) is 4.98 Å². The van der Waals surface area contributed by atoms with Crippen molar-refractivity contribution in [3.8, 4) is 0 Å². The van der Waals surface area contributed by atoms with Crippen LogP contribution in [-0.4, -0.2) is 13.4 Å². The third kappa shape index (κ3) is 3.22. The molecule has 0 radical (unpaired) electrons. The number of nitrogens with zero attached hydrogens (tertiary/aromatic N) is 1. The van der Waals surface area contributed by atoms with E-state index < -0.39 is 16.1 Å². The molecule has 0 aliphatic rings. The summed E-state index contributed by atoms with van der Waals surface area (Å²) in [5, 5.41) is 0. The molecule has 0 aliphatic heterocycles. The van der Waals surface area contributed by atoms with Crippen molar-refractivity contribution in [1.29, 1.82) is 0 Å². The highest BCUT2D eigenvalue weighted by atomic mass is 32.2.